The number of aryl methyl sites for hydroxylation is 3. The molecule has 0 saturated heterocycles. The number of para-hydroxylation sites is 1. The average Bonchev–Trinajstić information content (AvgIpc) is 1.52. The van der Waals surface area contributed by atoms with Crippen LogP contribution in [-0.2, 0) is 27.1 Å². The Kier molecular flexibility index (Phi) is 11.5. The molecule has 2 heteroatoms. The predicted octanol–water partition coefficient (Wildman–Crippen LogP) is 25.1. The van der Waals surface area contributed by atoms with Crippen molar-refractivity contribution in [3.8, 4) is 89.0 Å². The number of rotatable bonds is 6. The fourth-order valence-electron chi connectivity index (χ4n) is 19.4. The van der Waals surface area contributed by atoms with Gasteiger partial charge in [-0.3, -0.25) is 0 Å². The molecule has 5 aliphatic rings. The zero-order chi connectivity index (χ0) is 64.8. The predicted molar refractivity (Wildman–Crippen MR) is 396 cm³/mol. The minimum absolute atomic E-state index is 0.213. The molecular weight excluding hydrogens is 1140 g/mol. The summed E-state index contributed by atoms with van der Waals surface area (Å²) in [4.78, 5) is 2.62. The molecule has 1 aromatic heterocycles. The van der Waals surface area contributed by atoms with Crippen molar-refractivity contribution in [3.63, 3.8) is 0 Å². The van der Waals surface area contributed by atoms with Gasteiger partial charge >= 0.3 is 0 Å². The second kappa shape index (κ2) is 19.0. The number of furan rings is 1. The Morgan fingerprint density at radius 2 is 0.617 bits per heavy atom. The molecule has 458 valence electrons. The van der Waals surface area contributed by atoms with Crippen LogP contribution in [0.3, 0.4) is 0 Å². The summed E-state index contributed by atoms with van der Waals surface area (Å²) < 4.78 is 7.01. The van der Waals surface area contributed by atoms with E-state index in [0.29, 0.717) is 0 Å². The molecule has 13 aromatic rings. The van der Waals surface area contributed by atoms with Crippen LogP contribution in [0.15, 0.2) is 211 Å². The molecule has 0 spiro atoms. The van der Waals surface area contributed by atoms with E-state index in [4.69, 9.17) is 4.42 Å². The zero-order valence-corrected chi connectivity index (χ0v) is 57.0. The van der Waals surface area contributed by atoms with E-state index >= 15 is 0 Å². The highest BCUT2D eigenvalue weighted by molar-refractivity contribution is 6.19. The van der Waals surface area contributed by atoms with Gasteiger partial charge < -0.3 is 9.32 Å². The highest BCUT2D eigenvalue weighted by atomic mass is 16.3. The first-order valence-corrected chi connectivity index (χ1v) is 34.1. The van der Waals surface area contributed by atoms with Gasteiger partial charge in [0.15, 0.2) is 0 Å². The monoisotopic (exact) mass is 1210 g/mol. The van der Waals surface area contributed by atoms with Gasteiger partial charge in [0.25, 0.3) is 0 Å². The van der Waals surface area contributed by atoms with Crippen LogP contribution in [0, 0.1) is 34.6 Å². The van der Waals surface area contributed by atoms with E-state index in [9.17, 15) is 0 Å². The third-order valence-corrected chi connectivity index (χ3v) is 23.9. The second-order valence-corrected chi connectivity index (χ2v) is 30.8. The third kappa shape index (κ3) is 7.16. The molecule has 94 heavy (non-hydrogen) atoms. The van der Waals surface area contributed by atoms with E-state index in [1.807, 2.05) is 0 Å². The van der Waals surface area contributed by atoms with Crippen molar-refractivity contribution in [2.75, 3.05) is 4.90 Å². The van der Waals surface area contributed by atoms with Crippen LogP contribution in [0.2, 0.25) is 0 Å². The number of hydrogen-bond donors (Lipinski definition) is 0. The van der Waals surface area contributed by atoms with E-state index in [1.165, 1.54) is 172 Å². The second-order valence-electron chi connectivity index (χ2n) is 30.8. The van der Waals surface area contributed by atoms with E-state index in [1.54, 1.807) is 0 Å². The Bertz CT molecular complexity index is 5590. The maximum Gasteiger partial charge on any atom is 0.143 e. The van der Waals surface area contributed by atoms with Gasteiger partial charge in [-0.05, 0) is 250 Å². The van der Waals surface area contributed by atoms with Gasteiger partial charge in [-0.25, -0.2) is 0 Å². The highest BCUT2D eigenvalue weighted by Crippen LogP contribution is 2.67. The maximum atomic E-state index is 7.01. The molecule has 5 aliphatic carbocycles. The van der Waals surface area contributed by atoms with Crippen molar-refractivity contribution in [2.45, 2.75) is 131 Å². The number of anilines is 3. The van der Waals surface area contributed by atoms with Gasteiger partial charge in [0, 0.05) is 60.5 Å². The Labute approximate surface area is 554 Å². The van der Waals surface area contributed by atoms with Crippen LogP contribution < -0.4 is 4.90 Å². The Morgan fingerprint density at radius 3 is 1.10 bits per heavy atom. The molecule has 0 atom stereocenters. The van der Waals surface area contributed by atoms with E-state index in [-0.39, 0.29) is 27.1 Å². The van der Waals surface area contributed by atoms with Gasteiger partial charge in [-0.2, -0.15) is 0 Å². The topological polar surface area (TPSA) is 16.4 Å². The van der Waals surface area contributed by atoms with Crippen molar-refractivity contribution in [1.82, 2.24) is 0 Å². The summed E-state index contributed by atoms with van der Waals surface area (Å²) in [7, 11) is 0. The van der Waals surface area contributed by atoms with Crippen LogP contribution >= 0.6 is 0 Å². The molecule has 12 aromatic carbocycles. The molecule has 0 unspecified atom stereocenters. The van der Waals surface area contributed by atoms with E-state index in [2.05, 4.69) is 315 Å². The van der Waals surface area contributed by atoms with Gasteiger partial charge in [0.1, 0.15) is 11.2 Å². The van der Waals surface area contributed by atoms with Crippen LogP contribution in [0.4, 0.5) is 17.1 Å². The SMILES string of the molecule is Cc1ccccc1-c1c(C)c2c(c3c1-c1ccccc1C3(C)C)C(C)(C)c1cc(N(c3ccc4c(c3)C(C)(C)c3cc(-c5ccccc5C)c5oc6ccccc6c5c3-4)c3ccc4c(c3)C(C)(C)c3c-4c(-c4ccccc4C)c(C)c4c3C(C)(C)c3ccccc3-4)ccc1-2. The summed E-state index contributed by atoms with van der Waals surface area (Å²) >= 11 is 0. The quantitative estimate of drug-likeness (QED) is 0.165. The standard InChI is InChI=1S/C92H79NO/c1-50-28-16-19-31-58(50)67-49-73-79(82-66-36-24-27-39-74(66)94-87(67)82)64-44-41-55(46-70(64)88(73,6)7)93(56-40-43-63-71(47-56)91(12,13)84-78(63)54(5)75(59-32-20-17-29-51(59)2)80-62-35-23-26-38-69(62)90(10,11)85(80)84)57-42-45-65-72(48-57)92(14,15)86-81(65)76(60-33-21-18-30-52(60)3)53(4)77-61-34-22-25-37-68(61)89(8,9)83(77)86/h16-49H,1-15H3. The average molecular weight is 1210 g/mol. The molecule has 2 nitrogen and oxygen atoms in total. The first-order chi connectivity index (χ1) is 45.0. The smallest absolute Gasteiger partial charge is 0.143 e. The minimum Gasteiger partial charge on any atom is -0.455 e. The van der Waals surface area contributed by atoms with Crippen molar-refractivity contribution >= 4 is 39.0 Å². The molecule has 0 saturated carbocycles. The van der Waals surface area contributed by atoms with Gasteiger partial charge in [0.2, 0.25) is 0 Å². The Balaban J connectivity index is 0.887. The first kappa shape index (κ1) is 56.9. The number of nitrogens with zero attached hydrogens (tertiary/aromatic N) is 1. The summed E-state index contributed by atoms with van der Waals surface area (Å²) in [6, 6.07) is 79.0. The Hall–Kier alpha value is -9.76. The lowest BCUT2D eigenvalue weighted by molar-refractivity contribution is 0.601. The summed E-state index contributed by atoms with van der Waals surface area (Å²) in [5.74, 6) is 0. The van der Waals surface area contributed by atoms with Crippen molar-refractivity contribution < 1.29 is 4.42 Å². The number of benzene rings is 12. The van der Waals surface area contributed by atoms with E-state index in [0.717, 1.165) is 39.2 Å². The largest absolute Gasteiger partial charge is 0.455 e. The van der Waals surface area contributed by atoms with Gasteiger partial charge in [-0.15, -0.1) is 0 Å². The molecule has 0 radical (unpaired) electrons. The summed E-state index contributed by atoms with van der Waals surface area (Å²) in [6.07, 6.45) is 0. The molecule has 0 amide bonds. The Morgan fingerprint density at radius 1 is 0.266 bits per heavy atom. The van der Waals surface area contributed by atoms with Crippen LogP contribution in [-0.4, -0.2) is 0 Å². The third-order valence-electron chi connectivity index (χ3n) is 23.9. The number of hydrogen-bond acceptors (Lipinski definition) is 2. The minimum atomic E-state index is -0.370. The summed E-state index contributed by atoms with van der Waals surface area (Å²) in [5.41, 5.74) is 45.6. The zero-order valence-electron chi connectivity index (χ0n) is 57.0. The molecule has 18 rings (SSSR count). The fraction of sp³-hybridized carbons (Fsp3) is 0.217. The molecule has 0 N–H and O–H groups in total. The van der Waals surface area contributed by atoms with Gasteiger partial charge in [-0.1, -0.05) is 227 Å². The molecule has 0 fully saturated rings. The molecular formula is C92H79NO. The molecule has 0 aliphatic heterocycles. The van der Waals surface area contributed by atoms with Crippen LogP contribution in [0.1, 0.15) is 153 Å². The van der Waals surface area contributed by atoms with Crippen molar-refractivity contribution in [3.05, 3.63) is 290 Å². The highest BCUT2D eigenvalue weighted by Gasteiger charge is 2.51. The van der Waals surface area contributed by atoms with E-state index < -0.39 is 0 Å². The lowest BCUT2D eigenvalue weighted by Gasteiger charge is -2.33. The molecule has 0 bridgehead atoms. The van der Waals surface area contributed by atoms with Crippen LogP contribution in [0.5, 0.6) is 0 Å². The summed E-state index contributed by atoms with van der Waals surface area (Å²) in [6.45, 7) is 36.5. The number of fused-ring (bicyclic) bond motifs is 21. The lowest BCUT2D eigenvalue weighted by atomic mass is 9.70. The maximum absolute atomic E-state index is 7.01. The lowest BCUT2D eigenvalue weighted by Crippen LogP contribution is -2.25. The van der Waals surface area contributed by atoms with Crippen molar-refractivity contribution in [1.29, 1.82) is 0 Å². The normalized spacial score (nSPS) is 16.0. The first-order valence-electron chi connectivity index (χ1n) is 34.1. The summed E-state index contributed by atoms with van der Waals surface area (Å²) in [5, 5.41) is 2.35. The van der Waals surface area contributed by atoms with Gasteiger partial charge in [0.05, 0.1) is 0 Å². The molecule has 1 heterocycles. The fourth-order valence-corrected chi connectivity index (χ4v) is 19.4. The van der Waals surface area contributed by atoms with Crippen molar-refractivity contribution in [2.24, 2.45) is 0 Å². The van der Waals surface area contributed by atoms with Crippen LogP contribution in [0.25, 0.3) is 111 Å².